The molecule has 1 amide bonds. The fourth-order valence-electron chi connectivity index (χ4n) is 2.96. The topological polar surface area (TPSA) is 57.6 Å². The standard InChI is InChI=1S/C17H17NO3/c19-16(18-10-2-1-3-11-18)13-8-4-6-12-7-5-9-14(15(12)13)17(20)21/h4-9H,1-3,10-11H2,(H,20,21). The van der Waals surface area contributed by atoms with Crippen molar-refractivity contribution in [3.05, 3.63) is 47.5 Å². The molecule has 1 saturated heterocycles. The molecule has 1 fully saturated rings. The molecular formula is C17H17NO3. The number of carbonyl (C=O) groups excluding carboxylic acids is 1. The molecule has 2 aromatic carbocycles. The van der Waals surface area contributed by atoms with E-state index in [4.69, 9.17) is 0 Å². The first kappa shape index (κ1) is 13.6. The summed E-state index contributed by atoms with van der Waals surface area (Å²) < 4.78 is 0. The summed E-state index contributed by atoms with van der Waals surface area (Å²) in [6.45, 7) is 1.51. The van der Waals surface area contributed by atoms with Gasteiger partial charge in [0.15, 0.2) is 0 Å². The lowest BCUT2D eigenvalue weighted by molar-refractivity contribution is 0.0699. The molecule has 108 valence electrons. The summed E-state index contributed by atoms with van der Waals surface area (Å²) in [5.74, 6) is -1.06. The van der Waals surface area contributed by atoms with Gasteiger partial charge in [0.25, 0.3) is 5.91 Å². The Hall–Kier alpha value is -2.36. The second-order valence-electron chi connectivity index (χ2n) is 5.37. The summed E-state index contributed by atoms with van der Waals surface area (Å²) in [5, 5.41) is 10.7. The van der Waals surface area contributed by atoms with Gasteiger partial charge >= 0.3 is 5.97 Å². The Morgan fingerprint density at radius 3 is 2.14 bits per heavy atom. The van der Waals surface area contributed by atoms with Crippen LogP contribution in [0.5, 0.6) is 0 Å². The van der Waals surface area contributed by atoms with Crippen molar-refractivity contribution in [1.82, 2.24) is 4.90 Å². The van der Waals surface area contributed by atoms with E-state index in [-0.39, 0.29) is 11.5 Å². The van der Waals surface area contributed by atoms with Crippen LogP contribution in [0.25, 0.3) is 10.8 Å². The fraction of sp³-hybridized carbons (Fsp3) is 0.294. The highest BCUT2D eigenvalue weighted by atomic mass is 16.4. The van der Waals surface area contributed by atoms with Gasteiger partial charge in [-0.1, -0.05) is 24.3 Å². The lowest BCUT2D eigenvalue weighted by Crippen LogP contribution is -2.35. The molecular weight excluding hydrogens is 266 g/mol. The molecule has 4 heteroatoms. The average Bonchev–Trinajstić information content (AvgIpc) is 2.53. The van der Waals surface area contributed by atoms with Crippen LogP contribution >= 0.6 is 0 Å². The molecule has 2 aromatic rings. The largest absolute Gasteiger partial charge is 0.478 e. The van der Waals surface area contributed by atoms with Crippen molar-refractivity contribution in [3.63, 3.8) is 0 Å². The van der Waals surface area contributed by atoms with E-state index in [9.17, 15) is 14.7 Å². The maximum Gasteiger partial charge on any atom is 0.336 e. The molecule has 3 rings (SSSR count). The smallest absolute Gasteiger partial charge is 0.336 e. The molecule has 0 unspecified atom stereocenters. The minimum absolute atomic E-state index is 0.0611. The van der Waals surface area contributed by atoms with Gasteiger partial charge in [-0.15, -0.1) is 0 Å². The van der Waals surface area contributed by atoms with Gasteiger partial charge in [0.1, 0.15) is 0 Å². The van der Waals surface area contributed by atoms with Gasteiger partial charge in [-0.2, -0.15) is 0 Å². The molecule has 0 aromatic heterocycles. The molecule has 0 saturated carbocycles. The lowest BCUT2D eigenvalue weighted by atomic mass is 9.97. The monoisotopic (exact) mass is 283 g/mol. The van der Waals surface area contributed by atoms with Crippen molar-refractivity contribution < 1.29 is 14.7 Å². The summed E-state index contributed by atoms with van der Waals surface area (Å²) in [5.41, 5.74) is 0.681. The van der Waals surface area contributed by atoms with Crippen molar-refractivity contribution in [2.45, 2.75) is 19.3 Å². The number of likely N-dealkylation sites (tertiary alicyclic amines) is 1. The number of carboxylic acid groups (broad SMARTS) is 1. The number of rotatable bonds is 2. The zero-order chi connectivity index (χ0) is 14.8. The van der Waals surface area contributed by atoms with Crippen molar-refractivity contribution in [2.24, 2.45) is 0 Å². The number of nitrogens with zero attached hydrogens (tertiary/aromatic N) is 1. The predicted molar refractivity (Wildman–Crippen MR) is 80.7 cm³/mol. The number of fused-ring (bicyclic) bond motifs is 1. The Kier molecular flexibility index (Phi) is 3.60. The van der Waals surface area contributed by atoms with Crippen LogP contribution in [0.1, 0.15) is 40.0 Å². The molecule has 1 aliphatic heterocycles. The van der Waals surface area contributed by atoms with Crippen LogP contribution in [0.2, 0.25) is 0 Å². The number of piperidine rings is 1. The number of carboxylic acids is 1. The Balaban J connectivity index is 2.13. The second-order valence-corrected chi connectivity index (χ2v) is 5.37. The molecule has 0 atom stereocenters. The highest BCUT2D eigenvalue weighted by Crippen LogP contribution is 2.25. The number of carbonyl (C=O) groups is 2. The number of hydrogen-bond acceptors (Lipinski definition) is 2. The van der Waals surface area contributed by atoms with Crippen molar-refractivity contribution in [2.75, 3.05) is 13.1 Å². The van der Waals surface area contributed by atoms with E-state index in [0.29, 0.717) is 10.9 Å². The van der Waals surface area contributed by atoms with Crippen LogP contribution < -0.4 is 0 Å². The number of aromatic carboxylic acids is 1. The van der Waals surface area contributed by atoms with Gasteiger partial charge < -0.3 is 10.0 Å². The van der Waals surface area contributed by atoms with Gasteiger partial charge in [-0.05, 0) is 36.8 Å². The first-order chi connectivity index (χ1) is 10.2. The minimum atomic E-state index is -1.00. The van der Waals surface area contributed by atoms with Gasteiger partial charge in [-0.25, -0.2) is 4.79 Å². The normalized spacial score (nSPS) is 15.1. The zero-order valence-corrected chi connectivity index (χ0v) is 11.7. The number of benzene rings is 2. The van der Waals surface area contributed by atoms with E-state index in [0.717, 1.165) is 37.7 Å². The molecule has 4 nitrogen and oxygen atoms in total. The summed E-state index contributed by atoms with van der Waals surface area (Å²) >= 11 is 0. The van der Waals surface area contributed by atoms with E-state index in [1.165, 1.54) is 0 Å². The molecule has 0 aliphatic carbocycles. The summed E-state index contributed by atoms with van der Waals surface area (Å²) in [6.07, 6.45) is 3.18. The first-order valence-corrected chi connectivity index (χ1v) is 7.23. The summed E-state index contributed by atoms with van der Waals surface area (Å²) in [4.78, 5) is 26.0. The van der Waals surface area contributed by atoms with Gasteiger partial charge in [0.2, 0.25) is 0 Å². The first-order valence-electron chi connectivity index (χ1n) is 7.23. The lowest BCUT2D eigenvalue weighted by Gasteiger charge is -2.27. The van der Waals surface area contributed by atoms with E-state index < -0.39 is 5.97 Å². The van der Waals surface area contributed by atoms with Crippen LogP contribution in [-0.2, 0) is 0 Å². The van der Waals surface area contributed by atoms with Gasteiger partial charge in [0, 0.05) is 24.0 Å². The highest BCUT2D eigenvalue weighted by Gasteiger charge is 2.22. The minimum Gasteiger partial charge on any atom is -0.478 e. The molecule has 21 heavy (non-hydrogen) atoms. The van der Waals surface area contributed by atoms with Crippen LogP contribution in [0.15, 0.2) is 36.4 Å². The number of hydrogen-bond donors (Lipinski definition) is 1. The Bertz CT molecular complexity index is 697. The van der Waals surface area contributed by atoms with E-state index in [2.05, 4.69) is 0 Å². The van der Waals surface area contributed by atoms with Gasteiger partial charge in [-0.3, -0.25) is 4.79 Å². The summed E-state index contributed by atoms with van der Waals surface area (Å²) in [7, 11) is 0. The van der Waals surface area contributed by atoms with E-state index in [1.807, 2.05) is 23.1 Å². The third kappa shape index (κ3) is 2.49. The molecule has 1 N–H and O–H groups in total. The Labute approximate surface area is 123 Å². The molecule has 0 radical (unpaired) electrons. The maximum absolute atomic E-state index is 12.7. The quantitative estimate of drug-likeness (QED) is 0.921. The van der Waals surface area contributed by atoms with E-state index >= 15 is 0 Å². The van der Waals surface area contributed by atoms with Crippen molar-refractivity contribution in [3.8, 4) is 0 Å². The summed E-state index contributed by atoms with van der Waals surface area (Å²) in [6, 6.07) is 10.5. The highest BCUT2D eigenvalue weighted by molar-refractivity contribution is 6.14. The molecule has 1 aliphatic rings. The van der Waals surface area contributed by atoms with Crippen LogP contribution in [0, 0.1) is 0 Å². The van der Waals surface area contributed by atoms with Crippen molar-refractivity contribution >= 4 is 22.6 Å². The zero-order valence-electron chi connectivity index (χ0n) is 11.7. The van der Waals surface area contributed by atoms with Crippen molar-refractivity contribution in [1.29, 1.82) is 0 Å². The third-order valence-corrected chi connectivity index (χ3v) is 4.01. The molecule has 0 spiro atoms. The maximum atomic E-state index is 12.7. The molecule has 0 bridgehead atoms. The average molecular weight is 283 g/mol. The van der Waals surface area contributed by atoms with E-state index in [1.54, 1.807) is 18.2 Å². The Morgan fingerprint density at radius 1 is 0.905 bits per heavy atom. The third-order valence-electron chi connectivity index (χ3n) is 4.01. The predicted octanol–water partition coefficient (Wildman–Crippen LogP) is 3.16. The number of amides is 1. The van der Waals surface area contributed by atoms with Crippen LogP contribution in [0.3, 0.4) is 0 Å². The molecule has 1 heterocycles. The SMILES string of the molecule is O=C(O)c1cccc2cccc(C(=O)N3CCCCC3)c12. The van der Waals surface area contributed by atoms with Crippen LogP contribution in [-0.4, -0.2) is 35.0 Å². The fourth-order valence-corrected chi connectivity index (χ4v) is 2.96. The van der Waals surface area contributed by atoms with Crippen LogP contribution in [0.4, 0.5) is 0 Å². The second kappa shape index (κ2) is 5.56. The van der Waals surface area contributed by atoms with Gasteiger partial charge in [0.05, 0.1) is 5.56 Å². The Morgan fingerprint density at radius 2 is 1.52 bits per heavy atom.